The summed E-state index contributed by atoms with van der Waals surface area (Å²) in [5.74, 6) is 0.0551. The van der Waals surface area contributed by atoms with Gasteiger partial charge in [-0.1, -0.05) is 0 Å². The zero-order chi connectivity index (χ0) is 7.56. The number of methoxy groups -OCH3 is 1. The van der Waals surface area contributed by atoms with Gasteiger partial charge in [0.25, 0.3) is 0 Å². The van der Waals surface area contributed by atoms with Gasteiger partial charge in [-0.25, -0.2) is 0 Å². The first-order valence-corrected chi connectivity index (χ1v) is 3.10. The molecular formula is C7H10O3. The van der Waals surface area contributed by atoms with Crippen LogP contribution >= 0.6 is 0 Å². The van der Waals surface area contributed by atoms with Crippen LogP contribution in [0.1, 0.15) is 6.92 Å². The molecule has 0 saturated heterocycles. The predicted molar refractivity (Wildman–Crippen MR) is 35.5 cm³/mol. The van der Waals surface area contributed by atoms with E-state index in [1.807, 2.05) is 0 Å². The summed E-state index contributed by atoms with van der Waals surface area (Å²) in [7, 11) is 1.55. The molecule has 0 amide bonds. The molecule has 1 atom stereocenters. The number of Topliss-reactive ketones (excluding diaryl/α,β-unsaturated/α-hetero) is 1. The number of ketones is 1. The fourth-order valence-electron chi connectivity index (χ4n) is 0.787. The maximum Gasteiger partial charge on any atom is 0.177 e. The molecular weight excluding hydrogens is 132 g/mol. The van der Waals surface area contributed by atoms with Crippen LogP contribution in [0.2, 0.25) is 0 Å². The molecule has 0 aromatic carbocycles. The minimum absolute atomic E-state index is 0.0551. The fraction of sp³-hybridized carbons (Fsp3) is 0.571. The highest BCUT2D eigenvalue weighted by Gasteiger charge is 2.17. The van der Waals surface area contributed by atoms with E-state index in [1.54, 1.807) is 13.2 Å². The summed E-state index contributed by atoms with van der Waals surface area (Å²) >= 11 is 0. The van der Waals surface area contributed by atoms with E-state index in [1.165, 1.54) is 6.92 Å². The van der Waals surface area contributed by atoms with Gasteiger partial charge in [0.1, 0.15) is 0 Å². The first kappa shape index (κ1) is 7.44. The van der Waals surface area contributed by atoms with E-state index in [0.29, 0.717) is 12.2 Å². The highest BCUT2D eigenvalue weighted by molar-refractivity contribution is 5.93. The molecule has 10 heavy (non-hydrogen) atoms. The van der Waals surface area contributed by atoms with Crippen molar-refractivity contribution in [2.24, 2.45) is 0 Å². The number of rotatable bonds is 2. The van der Waals surface area contributed by atoms with Crippen LogP contribution in [0.3, 0.4) is 0 Å². The lowest BCUT2D eigenvalue weighted by molar-refractivity contribution is -0.114. The summed E-state index contributed by atoms with van der Waals surface area (Å²) in [4.78, 5) is 10.7. The van der Waals surface area contributed by atoms with Crippen LogP contribution in [-0.4, -0.2) is 25.8 Å². The molecule has 1 aliphatic rings. The lowest BCUT2D eigenvalue weighted by Gasteiger charge is -2.01. The lowest BCUT2D eigenvalue weighted by atomic mass is 10.2. The Kier molecular flexibility index (Phi) is 2.19. The smallest absolute Gasteiger partial charge is 0.177 e. The number of carbonyl (C=O) groups excluding carboxylic acids is 1. The van der Waals surface area contributed by atoms with Crippen molar-refractivity contribution in [3.63, 3.8) is 0 Å². The highest BCUT2D eigenvalue weighted by atomic mass is 16.7. The summed E-state index contributed by atoms with van der Waals surface area (Å²) in [5.41, 5.74) is 0.701. The summed E-state index contributed by atoms with van der Waals surface area (Å²) in [6.07, 6.45) is 1.38. The summed E-state index contributed by atoms with van der Waals surface area (Å²) in [5, 5.41) is 0. The van der Waals surface area contributed by atoms with Gasteiger partial charge in [0.2, 0.25) is 0 Å². The van der Waals surface area contributed by atoms with Crippen LogP contribution in [0.25, 0.3) is 0 Å². The van der Waals surface area contributed by atoms with Crippen LogP contribution in [0, 0.1) is 0 Å². The Bertz CT molecular complexity index is 172. The summed E-state index contributed by atoms with van der Waals surface area (Å²) in [6, 6.07) is 0. The minimum atomic E-state index is -0.320. The molecule has 0 saturated carbocycles. The van der Waals surface area contributed by atoms with E-state index in [2.05, 4.69) is 0 Å². The molecule has 1 unspecified atom stereocenters. The van der Waals surface area contributed by atoms with E-state index in [4.69, 9.17) is 9.47 Å². The molecule has 3 heteroatoms. The fourth-order valence-corrected chi connectivity index (χ4v) is 0.787. The van der Waals surface area contributed by atoms with E-state index in [-0.39, 0.29) is 12.1 Å². The molecule has 0 bridgehead atoms. The lowest BCUT2D eigenvalue weighted by Crippen LogP contribution is -2.05. The van der Waals surface area contributed by atoms with Gasteiger partial charge in [0.05, 0.1) is 6.61 Å². The Labute approximate surface area is 59.6 Å². The van der Waals surface area contributed by atoms with Gasteiger partial charge in [-0.15, -0.1) is 0 Å². The standard InChI is InChI=1S/C7H10O3/c1-5(8)6-3-7(9-2)10-4-6/h3,7H,4H2,1-2H3. The van der Waals surface area contributed by atoms with Crippen molar-refractivity contribution >= 4 is 5.78 Å². The van der Waals surface area contributed by atoms with Gasteiger partial charge in [-0.2, -0.15) is 0 Å². The largest absolute Gasteiger partial charge is 0.352 e. The second-order valence-corrected chi connectivity index (χ2v) is 2.16. The average molecular weight is 142 g/mol. The zero-order valence-corrected chi connectivity index (χ0v) is 6.09. The van der Waals surface area contributed by atoms with Gasteiger partial charge in [0.15, 0.2) is 12.1 Å². The average Bonchev–Trinajstić information content (AvgIpc) is 2.34. The summed E-state index contributed by atoms with van der Waals surface area (Å²) < 4.78 is 9.88. The molecule has 0 N–H and O–H groups in total. The van der Waals surface area contributed by atoms with E-state index in [9.17, 15) is 4.79 Å². The molecule has 1 rings (SSSR count). The molecule has 0 fully saturated rings. The Hall–Kier alpha value is -0.670. The molecule has 0 aromatic heterocycles. The van der Waals surface area contributed by atoms with Crippen LogP contribution in [0.4, 0.5) is 0 Å². The van der Waals surface area contributed by atoms with Gasteiger partial charge in [-0.05, 0) is 13.0 Å². The van der Waals surface area contributed by atoms with Crippen molar-refractivity contribution in [3.05, 3.63) is 11.6 Å². The topological polar surface area (TPSA) is 35.5 Å². The first-order chi connectivity index (χ1) is 4.74. The van der Waals surface area contributed by atoms with Crippen LogP contribution in [0.15, 0.2) is 11.6 Å². The van der Waals surface area contributed by atoms with E-state index < -0.39 is 0 Å². The normalized spacial score (nSPS) is 24.6. The quantitative estimate of drug-likeness (QED) is 0.563. The molecule has 0 aromatic rings. The van der Waals surface area contributed by atoms with Crippen molar-refractivity contribution in [3.8, 4) is 0 Å². The second-order valence-electron chi connectivity index (χ2n) is 2.16. The number of hydrogen-bond acceptors (Lipinski definition) is 3. The molecule has 1 aliphatic heterocycles. The SMILES string of the molecule is COC1C=C(C(C)=O)CO1. The number of hydrogen-bond donors (Lipinski definition) is 0. The Morgan fingerprint density at radius 3 is 2.90 bits per heavy atom. The van der Waals surface area contributed by atoms with Gasteiger partial charge in [0, 0.05) is 12.7 Å². The maximum absolute atomic E-state index is 10.7. The van der Waals surface area contributed by atoms with Crippen LogP contribution in [-0.2, 0) is 14.3 Å². The Morgan fingerprint density at radius 1 is 1.90 bits per heavy atom. The monoisotopic (exact) mass is 142 g/mol. The first-order valence-electron chi connectivity index (χ1n) is 3.10. The molecule has 1 heterocycles. The van der Waals surface area contributed by atoms with Crippen molar-refractivity contribution in [2.75, 3.05) is 13.7 Å². The van der Waals surface area contributed by atoms with Crippen molar-refractivity contribution in [2.45, 2.75) is 13.2 Å². The van der Waals surface area contributed by atoms with Crippen molar-refractivity contribution in [1.29, 1.82) is 0 Å². The third-order valence-electron chi connectivity index (χ3n) is 1.42. The van der Waals surface area contributed by atoms with Gasteiger partial charge in [-0.3, -0.25) is 4.79 Å². The predicted octanol–water partition coefficient (Wildman–Crippen LogP) is 0.505. The zero-order valence-electron chi connectivity index (χ0n) is 6.09. The summed E-state index contributed by atoms with van der Waals surface area (Å²) in [6.45, 7) is 1.90. The van der Waals surface area contributed by atoms with Crippen molar-refractivity contribution in [1.82, 2.24) is 0 Å². The minimum Gasteiger partial charge on any atom is -0.352 e. The number of ether oxygens (including phenoxy) is 2. The Morgan fingerprint density at radius 2 is 2.60 bits per heavy atom. The van der Waals surface area contributed by atoms with E-state index in [0.717, 1.165) is 0 Å². The molecule has 0 radical (unpaired) electrons. The van der Waals surface area contributed by atoms with Crippen LogP contribution < -0.4 is 0 Å². The van der Waals surface area contributed by atoms with Gasteiger partial charge >= 0.3 is 0 Å². The molecule has 56 valence electrons. The number of carbonyl (C=O) groups is 1. The third kappa shape index (κ3) is 1.43. The van der Waals surface area contributed by atoms with E-state index >= 15 is 0 Å². The molecule has 0 spiro atoms. The third-order valence-corrected chi connectivity index (χ3v) is 1.42. The van der Waals surface area contributed by atoms with Gasteiger partial charge < -0.3 is 9.47 Å². The second kappa shape index (κ2) is 2.94. The maximum atomic E-state index is 10.7. The van der Waals surface area contributed by atoms with Crippen LogP contribution in [0.5, 0.6) is 0 Å². The molecule has 0 aliphatic carbocycles. The van der Waals surface area contributed by atoms with Crippen molar-refractivity contribution < 1.29 is 14.3 Å². The highest BCUT2D eigenvalue weighted by Crippen LogP contribution is 2.12. The molecule has 3 nitrogen and oxygen atoms in total. The Balaban J connectivity index is 2.57.